The molecule has 2 unspecified atom stereocenters. The number of hydrogen-bond donors (Lipinski definition) is 1. The molecule has 4 rings (SSSR count). The van der Waals surface area contributed by atoms with E-state index in [1.165, 1.54) is 61.8 Å². The molecule has 1 heterocycles. The molecule has 0 amide bonds. The third-order valence-electron chi connectivity index (χ3n) is 7.04. The summed E-state index contributed by atoms with van der Waals surface area (Å²) in [5.74, 6) is 1.69. The van der Waals surface area contributed by atoms with E-state index in [0.29, 0.717) is 6.04 Å². The second kappa shape index (κ2) is 9.64. The van der Waals surface area contributed by atoms with Gasteiger partial charge in [0.15, 0.2) is 0 Å². The van der Waals surface area contributed by atoms with Gasteiger partial charge in [0, 0.05) is 35.2 Å². The smallest absolute Gasteiger partial charge is 0.128 e. The van der Waals surface area contributed by atoms with Crippen molar-refractivity contribution in [3.05, 3.63) is 72.3 Å². The van der Waals surface area contributed by atoms with Crippen LogP contribution in [0.1, 0.15) is 61.6 Å². The summed E-state index contributed by atoms with van der Waals surface area (Å²) in [5, 5.41) is 3.44. The Kier molecular flexibility index (Phi) is 6.70. The first-order chi connectivity index (χ1) is 15.1. The van der Waals surface area contributed by atoms with Crippen molar-refractivity contribution in [3.63, 3.8) is 0 Å². The molecule has 2 aromatic carbocycles. The van der Waals surface area contributed by atoms with Crippen molar-refractivity contribution >= 4 is 17.1 Å². The molecule has 2 aliphatic rings. The van der Waals surface area contributed by atoms with Crippen LogP contribution in [0, 0.1) is 12.8 Å². The van der Waals surface area contributed by atoms with Crippen LogP contribution >= 0.6 is 0 Å². The SMILES string of the molecule is C=C(Nc1ccc(C(=C)N2CCCCC3CCCCC32)cc1)c1ccc(C)cc1OC. The van der Waals surface area contributed by atoms with E-state index >= 15 is 0 Å². The number of aryl methyl sites for hydroxylation is 1. The van der Waals surface area contributed by atoms with E-state index in [1.54, 1.807) is 7.11 Å². The fourth-order valence-corrected chi connectivity index (χ4v) is 5.33. The van der Waals surface area contributed by atoms with E-state index < -0.39 is 0 Å². The molecule has 31 heavy (non-hydrogen) atoms. The van der Waals surface area contributed by atoms with Crippen molar-refractivity contribution in [2.45, 2.75) is 57.9 Å². The van der Waals surface area contributed by atoms with E-state index in [4.69, 9.17) is 4.74 Å². The number of likely N-dealkylation sites (tertiary alicyclic amines) is 1. The number of nitrogens with one attached hydrogen (secondary N) is 1. The number of nitrogens with zero attached hydrogens (tertiary/aromatic N) is 1. The molecular weight excluding hydrogens is 380 g/mol. The number of methoxy groups -OCH3 is 1. The maximum Gasteiger partial charge on any atom is 0.128 e. The van der Waals surface area contributed by atoms with Crippen LogP contribution in [0.2, 0.25) is 0 Å². The summed E-state index contributed by atoms with van der Waals surface area (Å²) in [6.07, 6.45) is 9.50. The highest BCUT2D eigenvalue weighted by atomic mass is 16.5. The van der Waals surface area contributed by atoms with Crippen molar-refractivity contribution in [1.82, 2.24) is 4.90 Å². The van der Waals surface area contributed by atoms with Gasteiger partial charge in [0.25, 0.3) is 0 Å². The van der Waals surface area contributed by atoms with E-state index in [9.17, 15) is 0 Å². The van der Waals surface area contributed by atoms with E-state index in [2.05, 4.69) is 66.7 Å². The number of fused-ring (bicyclic) bond motifs is 1. The van der Waals surface area contributed by atoms with Gasteiger partial charge in [-0.1, -0.05) is 50.6 Å². The average molecular weight is 417 g/mol. The molecule has 0 aromatic heterocycles. The Labute approximate surface area is 187 Å². The minimum Gasteiger partial charge on any atom is -0.496 e. The number of anilines is 1. The molecule has 2 atom stereocenters. The normalized spacial score (nSPS) is 21.0. The summed E-state index contributed by atoms with van der Waals surface area (Å²) in [4.78, 5) is 2.62. The van der Waals surface area contributed by atoms with Crippen molar-refractivity contribution < 1.29 is 4.74 Å². The van der Waals surface area contributed by atoms with Gasteiger partial charge in [0.2, 0.25) is 0 Å². The molecule has 3 nitrogen and oxygen atoms in total. The lowest BCUT2D eigenvalue weighted by Gasteiger charge is -2.40. The minimum atomic E-state index is 0.676. The van der Waals surface area contributed by atoms with Crippen molar-refractivity contribution in [3.8, 4) is 5.75 Å². The molecular formula is C28H36N2O. The molecule has 3 heteroatoms. The summed E-state index contributed by atoms with van der Waals surface area (Å²) >= 11 is 0. The van der Waals surface area contributed by atoms with E-state index in [1.807, 2.05) is 6.07 Å². The van der Waals surface area contributed by atoms with Gasteiger partial charge >= 0.3 is 0 Å². The molecule has 0 radical (unpaired) electrons. The lowest BCUT2D eigenvalue weighted by atomic mass is 9.81. The maximum atomic E-state index is 5.54. The summed E-state index contributed by atoms with van der Waals surface area (Å²) in [7, 11) is 1.70. The van der Waals surface area contributed by atoms with Crippen LogP contribution in [-0.4, -0.2) is 24.6 Å². The number of ether oxygens (including phenoxy) is 1. The minimum absolute atomic E-state index is 0.676. The number of benzene rings is 2. The third-order valence-corrected chi connectivity index (χ3v) is 7.04. The Hall–Kier alpha value is -2.68. The van der Waals surface area contributed by atoms with Crippen molar-refractivity contribution in [2.24, 2.45) is 5.92 Å². The van der Waals surface area contributed by atoms with Gasteiger partial charge in [-0.15, -0.1) is 0 Å². The lowest BCUT2D eigenvalue weighted by molar-refractivity contribution is 0.173. The first-order valence-electron chi connectivity index (χ1n) is 11.7. The Morgan fingerprint density at radius 2 is 1.68 bits per heavy atom. The van der Waals surface area contributed by atoms with Gasteiger partial charge in [-0.05, 0) is 73.9 Å². The maximum absolute atomic E-state index is 5.54. The molecule has 0 spiro atoms. The summed E-state index contributed by atoms with van der Waals surface area (Å²) in [6, 6.07) is 15.5. The zero-order valence-corrected chi connectivity index (χ0v) is 19.1. The predicted octanol–water partition coefficient (Wildman–Crippen LogP) is 7.10. The van der Waals surface area contributed by atoms with Crippen molar-refractivity contribution in [1.29, 1.82) is 0 Å². The average Bonchev–Trinajstić information content (AvgIpc) is 3.01. The quantitative estimate of drug-likeness (QED) is 0.543. The fourth-order valence-electron chi connectivity index (χ4n) is 5.33. The number of hydrogen-bond acceptors (Lipinski definition) is 3. The predicted molar refractivity (Wildman–Crippen MR) is 132 cm³/mol. The standard InChI is InChI=1S/C28H36N2O/c1-20-12-17-26(28(19-20)31-4)21(2)29-25-15-13-23(14-16-25)22(3)30-18-8-7-10-24-9-5-6-11-27(24)30/h12-17,19,24,27,29H,2-3,5-11,18H2,1,4H3. The molecule has 1 saturated heterocycles. The second-order valence-electron chi connectivity index (χ2n) is 9.13. The van der Waals surface area contributed by atoms with Crippen LogP contribution in [0.3, 0.4) is 0 Å². The highest BCUT2D eigenvalue weighted by molar-refractivity contribution is 5.79. The Morgan fingerprint density at radius 1 is 0.968 bits per heavy atom. The Balaban J connectivity index is 1.46. The van der Waals surface area contributed by atoms with Gasteiger partial charge in [-0.2, -0.15) is 0 Å². The van der Waals surface area contributed by atoms with Crippen LogP contribution in [0.4, 0.5) is 5.69 Å². The van der Waals surface area contributed by atoms with Crippen LogP contribution in [-0.2, 0) is 0 Å². The fraction of sp³-hybridized carbons (Fsp3) is 0.429. The molecule has 2 aromatic rings. The Morgan fingerprint density at radius 3 is 2.42 bits per heavy atom. The zero-order chi connectivity index (χ0) is 21.8. The Bertz CT molecular complexity index is 931. The van der Waals surface area contributed by atoms with Crippen molar-refractivity contribution in [2.75, 3.05) is 19.0 Å². The topological polar surface area (TPSA) is 24.5 Å². The highest BCUT2D eigenvalue weighted by Crippen LogP contribution is 2.38. The second-order valence-corrected chi connectivity index (χ2v) is 9.13. The van der Waals surface area contributed by atoms with Crippen LogP contribution in [0.15, 0.2) is 55.6 Å². The van der Waals surface area contributed by atoms with Gasteiger partial charge in [-0.3, -0.25) is 0 Å². The largest absolute Gasteiger partial charge is 0.496 e. The monoisotopic (exact) mass is 416 g/mol. The molecule has 1 saturated carbocycles. The summed E-state index contributed by atoms with van der Waals surface area (Å²) < 4.78 is 5.54. The van der Waals surface area contributed by atoms with Gasteiger partial charge in [0.1, 0.15) is 5.75 Å². The molecule has 164 valence electrons. The van der Waals surface area contributed by atoms with E-state index in [0.717, 1.165) is 35.2 Å². The first kappa shape index (κ1) is 21.5. The van der Waals surface area contributed by atoms with Gasteiger partial charge in [-0.25, -0.2) is 0 Å². The molecule has 1 aliphatic carbocycles. The highest BCUT2D eigenvalue weighted by Gasteiger charge is 2.32. The lowest BCUT2D eigenvalue weighted by Crippen LogP contribution is -2.40. The van der Waals surface area contributed by atoms with Gasteiger partial charge < -0.3 is 15.0 Å². The zero-order valence-electron chi connectivity index (χ0n) is 19.1. The molecule has 0 bridgehead atoms. The van der Waals surface area contributed by atoms with Crippen LogP contribution in [0.5, 0.6) is 5.75 Å². The van der Waals surface area contributed by atoms with Crippen LogP contribution < -0.4 is 10.1 Å². The van der Waals surface area contributed by atoms with Gasteiger partial charge in [0.05, 0.1) is 7.11 Å². The summed E-state index contributed by atoms with van der Waals surface area (Å²) in [6.45, 7) is 12.0. The first-order valence-corrected chi connectivity index (χ1v) is 11.7. The summed E-state index contributed by atoms with van der Waals surface area (Å²) in [5.41, 5.74) is 6.41. The van der Waals surface area contributed by atoms with Crippen LogP contribution in [0.25, 0.3) is 11.4 Å². The third kappa shape index (κ3) is 4.81. The molecule has 2 fully saturated rings. The van der Waals surface area contributed by atoms with E-state index in [-0.39, 0.29) is 0 Å². The number of rotatable bonds is 6. The molecule has 1 aliphatic heterocycles. The molecule has 1 N–H and O–H groups in total.